The molecule has 1 aromatic carbocycles. The van der Waals surface area contributed by atoms with Crippen molar-refractivity contribution < 1.29 is 5.11 Å². The molecule has 1 nitrogen and oxygen atoms in total. The van der Waals surface area contributed by atoms with Crippen molar-refractivity contribution in [2.75, 3.05) is 0 Å². The lowest BCUT2D eigenvalue weighted by Crippen LogP contribution is -1.97. The summed E-state index contributed by atoms with van der Waals surface area (Å²) in [5.74, 6) is 2.58. The fourth-order valence-electron chi connectivity index (χ4n) is 1.52. The van der Waals surface area contributed by atoms with Crippen molar-refractivity contribution in [1.29, 1.82) is 0 Å². The number of aryl methyl sites for hydroxylation is 1. The average molecular weight is 267 g/mol. The summed E-state index contributed by atoms with van der Waals surface area (Å²) in [7, 11) is 0. The Morgan fingerprint density at radius 1 is 1.47 bits per heavy atom. The van der Waals surface area contributed by atoms with Crippen LogP contribution in [0.4, 0.5) is 0 Å². The highest BCUT2D eigenvalue weighted by Gasteiger charge is 2.07. The monoisotopic (exact) mass is 266 g/mol. The predicted molar refractivity (Wildman–Crippen MR) is 66.5 cm³/mol. The van der Waals surface area contributed by atoms with Gasteiger partial charge in [0, 0.05) is 10.9 Å². The van der Waals surface area contributed by atoms with E-state index < -0.39 is 6.10 Å². The van der Waals surface area contributed by atoms with Gasteiger partial charge in [-0.2, -0.15) is 0 Å². The Kier molecular flexibility index (Phi) is 4.87. The Bertz CT molecular complexity index is 345. The molecule has 0 amide bonds. The Hall–Kier alpha value is -0.780. The molecule has 0 aliphatic rings. The minimum atomic E-state index is -0.408. The topological polar surface area (TPSA) is 20.2 Å². The summed E-state index contributed by atoms with van der Waals surface area (Å²) in [5.41, 5.74) is 2.11. The van der Waals surface area contributed by atoms with Gasteiger partial charge in [0.1, 0.15) is 0 Å². The highest BCUT2D eigenvalue weighted by atomic mass is 79.9. The molecule has 0 heterocycles. The smallest absolute Gasteiger partial charge is 0.0790 e. The lowest BCUT2D eigenvalue weighted by molar-refractivity contribution is 0.165. The second kappa shape index (κ2) is 5.95. The van der Waals surface area contributed by atoms with Crippen LogP contribution in [0.5, 0.6) is 0 Å². The van der Waals surface area contributed by atoms with Crippen LogP contribution < -0.4 is 0 Å². The number of terminal acetylenes is 1. The Labute approximate surface area is 99.6 Å². The molecule has 1 N–H and O–H groups in total. The van der Waals surface area contributed by atoms with E-state index >= 15 is 0 Å². The molecule has 0 aliphatic heterocycles. The van der Waals surface area contributed by atoms with Gasteiger partial charge in [0.05, 0.1) is 6.10 Å². The fourth-order valence-corrected chi connectivity index (χ4v) is 2.15. The van der Waals surface area contributed by atoms with Gasteiger partial charge in [-0.25, -0.2) is 0 Å². The summed E-state index contributed by atoms with van der Waals surface area (Å²) in [6.07, 6.45) is 7.07. The van der Waals surface area contributed by atoms with E-state index in [9.17, 15) is 5.11 Å². The van der Waals surface area contributed by atoms with Crippen molar-refractivity contribution in [3.8, 4) is 12.3 Å². The lowest BCUT2D eigenvalue weighted by atomic mass is 10.0. The molecule has 0 fully saturated rings. The minimum absolute atomic E-state index is 0.408. The number of aliphatic hydroxyl groups is 1. The molecule has 0 bridgehead atoms. The van der Waals surface area contributed by atoms with Gasteiger partial charge in [-0.3, -0.25) is 0 Å². The summed E-state index contributed by atoms with van der Waals surface area (Å²) >= 11 is 3.42. The van der Waals surface area contributed by atoms with Gasteiger partial charge < -0.3 is 5.11 Å². The van der Waals surface area contributed by atoms with E-state index in [2.05, 4.69) is 21.9 Å². The number of hydrogen-bond acceptors (Lipinski definition) is 1. The first-order valence-electron chi connectivity index (χ1n) is 5.02. The largest absolute Gasteiger partial charge is 0.388 e. The van der Waals surface area contributed by atoms with Crippen LogP contribution in [0.15, 0.2) is 22.7 Å². The number of hydrogen-bond donors (Lipinski definition) is 1. The maximum absolute atomic E-state index is 9.91. The van der Waals surface area contributed by atoms with Gasteiger partial charge in [-0.1, -0.05) is 22.0 Å². The zero-order valence-corrected chi connectivity index (χ0v) is 10.4. The highest BCUT2D eigenvalue weighted by molar-refractivity contribution is 9.10. The average Bonchev–Trinajstić information content (AvgIpc) is 2.16. The molecule has 80 valence electrons. The molecule has 0 radical (unpaired) electrons. The quantitative estimate of drug-likeness (QED) is 0.652. The van der Waals surface area contributed by atoms with E-state index in [4.69, 9.17) is 6.42 Å². The Morgan fingerprint density at radius 2 is 2.20 bits per heavy atom. The molecule has 2 heteroatoms. The van der Waals surface area contributed by atoms with Crippen molar-refractivity contribution in [2.45, 2.75) is 32.3 Å². The fraction of sp³-hybridized carbons (Fsp3) is 0.385. The molecule has 1 rings (SSSR count). The van der Waals surface area contributed by atoms with Crippen LogP contribution >= 0.6 is 15.9 Å². The molecular formula is C13H15BrO. The first kappa shape index (κ1) is 12.3. The molecule has 0 saturated carbocycles. The number of aliphatic hydroxyl groups excluding tert-OH is 1. The third-order valence-corrected chi connectivity index (χ3v) is 2.71. The first-order chi connectivity index (χ1) is 7.13. The van der Waals surface area contributed by atoms with E-state index in [1.54, 1.807) is 0 Å². The van der Waals surface area contributed by atoms with Gasteiger partial charge in [-0.15, -0.1) is 12.3 Å². The summed E-state index contributed by atoms with van der Waals surface area (Å²) in [6.45, 7) is 2.02. The summed E-state index contributed by atoms with van der Waals surface area (Å²) in [4.78, 5) is 0. The lowest BCUT2D eigenvalue weighted by Gasteiger charge is -2.11. The van der Waals surface area contributed by atoms with Gasteiger partial charge in [0.25, 0.3) is 0 Å². The van der Waals surface area contributed by atoms with E-state index in [0.717, 1.165) is 34.9 Å². The second-order valence-corrected chi connectivity index (χ2v) is 4.59. The third kappa shape index (κ3) is 4.07. The summed E-state index contributed by atoms with van der Waals surface area (Å²) in [6, 6.07) is 5.98. The maximum atomic E-state index is 9.91. The van der Waals surface area contributed by atoms with Gasteiger partial charge in [0.15, 0.2) is 0 Å². The first-order valence-corrected chi connectivity index (χ1v) is 5.81. The second-order valence-electron chi connectivity index (χ2n) is 3.67. The van der Waals surface area contributed by atoms with Gasteiger partial charge >= 0.3 is 0 Å². The standard InChI is InChI=1S/C13H15BrO/c1-3-4-5-6-13(15)11-7-10(2)8-12(14)9-11/h1,7-9,13,15H,4-6H2,2H3. The molecule has 1 unspecified atom stereocenters. The van der Waals surface area contributed by atoms with Crippen molar-refractivity contribution in [3.63, 3.8) is 0 Å². The van der Waals surface area contributed by atoms with Crippen LogP contribution in [-0.2, 0) is 0 Å². The van der Waals surface area contributed by atoms with Crippen LogP contribution in [-0.4, -0.2) is 5.11 Å². The number of benzene rings is 1. The van der Waals surface area contributed by atoms with Gasteiger partial charge in [0.2, 0.25) is 0 Å². The molecule has 1 atom stereocenters. The van der Waals surface area contributed by atoms with Gasteiger partial charge in [-0.05, 0) is 43.0 Å². The van der Waals surface area contributed by atoms with Crippen LogP contribution in [0, 0.1) is 19.3 Å². The van der Waals surface area contributed by atoms with Crippen LogP contribution in [0.1, 0.15) is 36.5 Å². The molecular weight excluding hydrogens is 252 g/mol. The minimum Gasteiger partial charge on any atom is -0.388 e. The zero-order valence-electron chi connectivity index (χ0n) is 8.83. The number of halogens is 1. The number of unbranched alkanes of at least 4 members (excludes halogenated alkanes) is 1. The van der Waals surface area contributed by atoms with E-state index in [1.165, 1.54) is 0 Å². The summed E-state index contributed by atoms with van der Waals surface area (Å²) < 4.78 is 1.01. The van der Waals surface area contributed by atoms with E-state index in [1.807, 2.05) is 25.1 Å². The third-order valence-electron chi connectivity index (χ3n) is 2.25. The molecule has 1 aromatic rings. The molecule has 0 saturated heterocycles. The normalized spacial score (nSPS) is 12.1. The predicted octanol–water partition coefficient (Wildman–Crippen LogP) is 3.59. The molecule has 0 aromatic heterocycles. The molecule has 15 heavy (non-hydrogen) atoms. The van der Waals surface area contributed by atoms with Crippen molar-refractivity contribution in [1.82, 2.24) is 0 Å². The molecule has 0 aliphatic carbocycles. The summed E-state index contributed by atoms with van der Waals surface area (Å²) in [5, 5.41) is 9.91. The van der Waals surface area contributed by atoms with Crippen molar-refractivity contribution >= 4 is 15.9 Å². The Balaban J connectivity index is 2.65. The van der Waals surface area contributed by atoms with Crippen LogP contribution in [0.3, 0.4) is 0 Å². The number of rotatable bonds is 4. The van der Waals surface area contributed by atoms with Crippen LogP contribution in [0.2, 0.25) is 0 Å². The molecule has 0 spiro atoms. The van der Waals surface area contributed by atoms with Crippen molar-refractivity contribution in [2.24, 2.45) is 0 Å². The maximum Gasteiger partial charge on any atom is 0.0790 e. The SMILES string of the molecule is C#CCCCC(O)c1cc(C)cc(Br)c1. The zero-order chi connectivity index (χ0) is 11.3. The highest BCUT2D eigenvalue weighted by Crippen LogP contribution is 2.23. The Morgan fingerprint density at radius 3 is 2.80 bits per heavy atom. The van der Waals surface area contributed by atoms with E-state index in [-0.39, 0.29) is 0 Å². The van der Waals surface area contributed by atoms with Crippen molar-refractivity contribution in [3.05, 3.63) is 33.8 Å². The van der Waals surface area contributed by atoms with Crippen LogP contribution in [0.25, 0.3) is 0 Å². The van der Waals surface area contributed by atoms with E-state index in [0.29, 0.717) is 0 Å².